The molecule has 2 N–H and O–H groups in total. The smallest absolute Gasteiger partial charge is 0.335 e. The number of fused-ring (bicyclic) bond motifs is 1. The van der Waals surface area contributed by atoms with Crippen molar-refractivity contribution in [2.75, 3.05) is 5.32 Å². The van der Waals surface area contributed by atoms with E-state index in [0.717, 1.165) is 0 Å². The number of hydrogen-bond acceptors (Lipinski definition) is 5. The topological polar surface area (TPSA) is 127 Å². The van der Waals surface area contributed by atoms with Crippen LogP contribution in [0, 0.1) is 17.0 Å². The van der Waals surface area contributed by atoms with Gasteiger partial charge < -0.3 is 10.4 Å². The van der Waals surface area contributed by atoms with E-state index in [-0.39, 0.29) is 16.9 Å². The molecule has 0 fully saturated rings. The maximum atomic E-state index is 12.6. The lowest BCUT2D eigenvalue weighted by molar-refractivity contribution is -0.385. The van der Waals surface area contributed by atoms with E-state index in [0.29, 0.717) is 17.0 Å². The minimum atomic E-state index is -1.07. The maximum Gasteiger partial charge on any atom is 0.335 e. The average Bonchev–Trinajstić information content (AvgIpc) is 2.90. The van der Waals surface area contributed by atoms with E-state index in [2.05, 4.69) is 10.3 Å². The van der Waals surface area contributed by atoms with E-state index in [1.807, 2.05) is 0 Å². The lowest BCUT2D eigenvalue weighted by Gasteiger charge is -2.06. The van der Waals surface area contributed by atoms with Gasteiger partial charge in [-0.3, -0.25) is 19.3 Å². The molecule has 0 atom stereocenters. The van der Waals surface area contributed by atoms with Crippen molar-refractivity contribution in [3.63, 3.8) is 0 Å². The van der Waals surface area contributed by atoms with Gasteiger partial charge in [0.15, 0.2) is 0 Å². The fraction of sp³-hybridized carbons (Fsp3) is 0.0625. The van der Waals surface area contributed by atoms with Gasteiger partial charge >= 0.3 is 5.97 Å². The molecule has 0 aliphatic carbocycles. The van der Waals surface area contributed by atoms with Crippen molar-refractivity contribution in [3.05, 3.63) is 69.7 Å². The summed E-state index contributed by atoms with van der Waals surface area (Å²) in [6.07, 6.45) is 1.23. The number of nitro groups is 1. The number of anilines is 1. The molecule has 126 valence electrons. The molecule has 9 heteroatoms. The highest BCUT2D eigenvalue weighted by molar-refractivity contribution is 6.04. The number of pyridine rings is 1. The van der Waals surface area contributed by atoms with Crippen LogP contribution >= 0.6 is 0 Å². The normalized spacial score (nSPS) is 10.6. The molecule has 0 unspecified atom stereocenters. The van der Waals surface area contributed by atoms with Crippen molar-refractivity contribution < 1.29 is 19.6 Å². The summed E-state index contributed by atoms with van der Waals surface area (Å²) in [7, 11) is 0. The van der Waals surface area contributed by atoms with Gasteiger partial charge in [-0.15, -0.1) is 0 Å². The van der Waals surface area contributed by atoms with Crippen LogP contribution in [0.3, 0.4) is 0 Å². The lowest BCUT2D eigenvalue weighted by atomic mass is 10.2. The molecule has 2 aromatic heterocycles. The number of rotatable bonds is 4. The van der Waals surface area contributed by atoms with Gasteiger partial charge in [-0.25, -0.2) is 9.78 Å². The summed E-state index contributed by atoms with van der Waals surface area (Å²) in [4.78, 5) is 38.0. The molecular weight excluding hydrogens is 328 g/mol. The summed E-state index contributed by atoms with van der Waals surface area (Å²) in [5, 5.41) is 22.4. The van der Waals surface area contributed by atoms with Gasteiger partial charge in [-0.05, 0) is 37.3 Å². The molecule has 1 amide bonds. The van der Waals surface area contributed by atoms with Crippen molar-refractivity contribution in [2.45, 2.75) is 6.92 Å². The molecule has 25 heavy (non-hydrogen) atoms. The highest BCUT2D eigenvalue weighted by Crippen LogP contribution is 2.19. The lowest BCUT2D eigenvalue weighted by Crippen LogP contribution is -2.15. The van der Waals surface area contributed by atoms with E-state index in [1.165, 1.54) is 47.0 Å². The van der Waals surface area contributed by atoms with Crippen molar-refractivity contribution in [1.82, 2.24) is 9.38 Å². The number of aryl methyl sites for hydroxylation is 1. The molecule has 0 aliphatic heterocycles. The van der Waals surface area contributed by atoms with Crippen LogP contribution in [0.5, 0.6) is 0 Å². The number of carboxylic acid groups (broad SMARTS) is 1. The molecule has 9 nitrogen and oxygen atoms in total. The molecule has 0 saturated carbocycles. The third-order valence-corrected chi connectivity index (χ3v) is 3.59. The van der Waals surface area contributed by atoms with Crippen molar-refractivity contribution in [1.29, 1.82) is 0 Å². The highest BCUT2D eigenvalue weighted by atomic mass is 16.6. The Balaban J connectivity index is 1.96. The molecule has 0 aliphatic rings. The summed E-state index contributed by atoms with van der Waals surface area (Å²) in [6, 6.07) is 8.43. The summed E-state index contributed by atoms with van der Waals surface area (Å²) in [6.45, 7) is 1.63. The first-order valence-corrected chi connectivity index (χ1v) is 7.14. The second-order valence-corrected chi connectivity index (χ2v) is 5.26. The monoisotopic (exact) mass is 340 g/mol. The Morgan fingerprint density at radius 3 is 2.48 bits per heavy atom. The Morgan fingerprint density at radius 2 is 1.88 bits per heavy atom. The van der Waals surface area contributed by atoms with Crippen LogP contribution < -0.4 is 5.32 Å². The Morgan fingerprint density at radius 1 is 1.20 bits per heavy atom. The molecule has 0 bridgehead atoms. The first-order valence-electron chi connectivity index (χ1n) is 7.14. The zero-order chi connectivity index (χ0) is 18.1. The number of imidazole rings is 1. The van der Waals surface area contributed by atoms with Crippen molar-refractivity contribution in [3.8, 4) is 0 Å². The molecule has 0 saturated heterocycles. The third-order valence-electron chi connectivity index (χ3n) is 3.59. The quantitative estimate of drug-likeness (QED) is 0.555. The zero-order valence-electron chi connectivity index (χ0n) is 13.0. The summed E-state index contributed by atoms with van der Waals surface area (Å²) >= 11 is 0. The Kier molecular flexibility index (Phi) is 3.89. The van der Waals surface area contributed by atoms with Crippen LogP contribution in [0.4, 0.5) is 11.4 Å². The molecule has 0 radical (unpaired) electrons. The highest BCUT2D eigenvalue weighted by Gasteiger charge is 2.19. The van der Waals surface area contributed by atoms with Crippen LogP contribution in [-0.4, -0.2) is 31.3 Å². The first-order chi connectivity index (χ1) is 11.9. The number of hydrogen-bond donors (Lipinski definition) is 2. The van der Waals surface area contributed by atoms with Gasteiger partial charge in [-0.2, -0.15) is 0 Å². The summed E-state index contributed by atoms with van der Waals surface area (Å²) in [5.41, 5.74) is 1.33. The molecule has 3 rings (SSSR count). The third kappa shape index (κ3) is 3.02. The predicted octanol–water partition coefficient (Wildman–Crippen LogP) is 2.50. The van der Waals surface area contributed by atoms with E-state index < -0.39 is 16.8 Å². The molecule has 2 heterocycles. The van der Waals surface area contributed by atoms with E-state index in [4.69, 9.17) is 5.11 Å². The van der Waals surface area contributed by atoms with E-state index in [9.17, 15) is 19.7 Å². The number of carbonyl (C=O) groups is 2. The van der Waals surface area contributed by atoms with Crippen LogP contribution in [0.1, 0.15) is 26.5 Å². The molecular formula is C16H12N4O5. The largest absolute Gasteiger partial charge is 0.478 e. The number of carbonyl (C=O) groups excluding carboxylic acids is 1. The second kappa shape index (κ2) is 6.04. The maximum absolute atomic E-state index is 12.6. The van der Waals surface area contributed by atoms with Crippen molar-refractivity contribution in [2.24, 2.45) is 0 Å². The van der Waals surface area contributed by atoms with Gasteiger partial charge in [-0.1, -0.05) is 0 Å². The minimum Gasteiger partial charge on any atom is -0.478 e. The standard InChI is InChI=1S/C16H12N4O5/c1-9-14(19-8-12(20(24)25)6-7-13(19)17-9)15(21)18-11-4-2-10(3-5-11)16(22)23/h2-8H,1H3,(H,18,21)(H,22,23). The molecule has 3 aromatic rings. The number of aromatic nitrogens is 2. The number of nitrogens with zero attached hydrogens (tertiary/aromatic N) is 3. The van der Waals surface area contributed by atoms with Gasteiger partial charge in [0, 0.05) is 11.8 Å². The van der Waals surface area contributed by atoms with Gasteiger partial charge in [0.1, 0.15) is 11.3 Å². The van der Waals surface area contributed by atoms with E-state index >= 15 is 0 Å². The molecule has 1 aromatic carbocycles. The minimum absolute atomic E-state index is 0.0969. The fourth-order valence-corrected chi connectivity index (χ4v) is 2.42. The van der Waals surface area contributed by atoms with Crippen LogP contribution in [-0.2, 0) is 0 Å². The van der Waals surface area contributed by atoms with Crippen molar-refractivity contribution >= 4 is 28.9 Å². The predicted molar refractivity (Wildman–Crippen MR) is 87.9 cm³/mol. The number of benzene rings is 1. The number of amides is 1. The Bertz CT molecular complexity index is 1010. The second-order valence-electron chi connectivity index (χ2n) is 5.26. The van der Waals surface area contributed by atoms with Crippen LogP contribution in [0.2, 0.25) is 0 Å². The SMILES string of the molecule is Cc1nc2ccc([N+](=O)[O-])cn2c1C(=O)Nc1ccc(C(=O)O)cc1. The first kappa shape index (κ1) is 16.1. The average molecular weight is 340 g/mol. The van der Waals surface area contributed by atoms with Crippen LogP contribution in [0.15, 0.2) is 42.6 Å². The summed E-state index contributed by atoms with van der Waals surface area (Å²) in [5.74, 6) is -1.57. The van der Waals surface area contributed by atoms with E-state index in [1.54, 1.807) is 6.92 Å². The summed E-state index contributed by atoms with van der Waals surface area (Å²) < 4.78 is 1.36. The number of carboxylic acids is 1. The van der Waals surface area contributed by atoms with Crippen LogP contribution in [0.25, 0.3) is 5.65 Å². The molecule has 0 spiro atoms. The fourth-order valence-electron chi connectivity index (χ4n) is 2.42. The Labute approximate surface area is 140 Å². The number of aromatic carboxylic acids is 1. The van der Waals surface area contributed by atoms with Gasteiger partial charge in [0.05, 0.1) is 22.4 Å². The zero-order valence-corrected chi connectivity index (χ0v) is 13.0. The van der Waals surface area contributed by atoms with Gasteiger partial charge in [0.25, 0.3) is 11.6 Å². The van der Waals surface area contributed by atoms with Gasteiger partial charge in [0.2, 0.25) is 0 Å². The number of nitrogens with one attached hydrogen (secondary N) is 1. The Hall–Kier alpha value is -3.75.